The first-order valence-electron chi connectivity index (χ1n) is 13.2. The van der Waals surface area contributed by atoms with Crippen molar-refractivity contribution >= 4 is 22.8 Å². The molecule has 0 saturated carbocycles. The van der Waals surface area contributed by atoms with E-state index in [9.17, 15) is 14.0 Å². The van der Waals surface area contributed by atoms with Crippen LogP contribution >= 0.6 is 0 Å². The Morgan fingerprint density at radius 1 is 0.921 bits per heavy atom. The summed E-state index contributed by atoms with van der Waals surface area (Å²) in [6.45, 7) is 5.36. The van der Waals surface area contributed by atoms with Crippen LogP contribution in [0, 0.1) is 5.82 Å². The Labute approximate surface area is 223 Å². The summed E-state index contributed by atoms with van der Waals surface area (Å²) >= 11 is 0. The Balaban J connectivity index is 1.36. The van der Waals surface area contributed by atoms with E-state index in [0.717, 1.165) is 48.1 Å². The van der Waals surface area contributed by atoms with E-state index in [4.69, 9.17) is 4.98 Å². The number of nitrogens with one attached hydrogen (secondary N) is 1. The zero-order valence-electron chi connectivity index (χ0n) is 22.1. The number of unbranched alkanes of at least 4 members (excludes halogenated alkanes) is 2. The summed E-state index contributed by atoms with van der Waals surface area (Å²) in [6, 6.07) is 24.0. The predicted octanol–water partition coefficient (Wildman–Crippen LogP) is 5.76. The molecule has 38 heavy (non-hydrogen) atoms. The van der Waals surface area contributed by atoms with Gasteiger partial charge in [0.05, 0.1) is 16.6 Å². The fraction of sp³-hybridized carbons (Fsp3) is 0.323. The first-order chi connectivity index (χ1) is 18.4. The number of amides is 2. The van der Waals surface area contributed by atoms with Crippen LogP contribution in [0.25, 0.3) is 11.0 Å². The fourth-order valence-electron chi connectivity index (χ4n) is 4.58. The van der Waals surface area contributed by atoms with Crippen molar-refractivity contribution in [1.29, 1.82) is 0 Å². The molecule has 0 fully saturated rings. The van der Waals surface area contributed by atoms with E-state index in [2.05, 4.69) is 5.32 Å². The van der Waals surface area contributed by atoms with Gasteiger partial charge in [-0.05, 0) is 56.5 Å². The molecule has 1 heterocycles. The minimum atomic E-state index is -0.516. The number of benzene rings is 3. The molecule has 0 atom stereocenters. The highest BCUT2D eigenvalue weighted by Gasteiger charge is 2.21. The van der Waals surface area contributed by atoms with Crippen LogP contribution in [0.1, 0.15) is 54.9 Å². The number of halogens is 1. The number of hydrogen-bond acceptors (Lipinski definition) is 3. The highest BCUT2D eigenvalue weighted by atomic mass is 19.1. The number of nitrogens with zero attached hydrogens (tertiary/aromatic N) is 3. The fourth-order valence-corrected chi connectivity index (χ4v) is 4.58. The van der Waals surface area contributed by atoms with Crippen LogP contribution in [0.2, 0.25) is 0 Å². The molecule has 0 aliphatic carbocycles. The number of rotatable bonds is 12. The van der Waals surface area contributed by atoms with Gasteiger partial charge in [0.25, 0.3) is 5.91 Å². The molecule has 0 saturated heterocycles. The lowest BCUT2D eigenvalue weighted by Gasteiger charge is -2.27. The van der Waals surface area contributed by atoms with E-state index in [1.165, 1.54) is 12.1 Å². The van der Waals surface area contributed by atoms with Crippen LogP contribution in [0.4, 0.5) is 4.39 Å². The van der Waals surface area contributed by atoms with Crippen molar-refractivity contribution in [3.05, 3.63) is 102 Å². The second kappa shape index (κ2) is 13.0. The van der Waals surface area contributed by atoms with Gasteiger partial charge >= 0.3 is 0 Å². The molecule has 2 amide bonds. The number of carbonyl (C=O) groups excluding carboxylic acids is 2. The van der Waals surface area contributed by atoms with E-state index >= 15 is 0 Å². The van der Waals surface area contributed by atoms with Crippen molar-refractivity contribution in [3.63, 3.8) is 0 Å². The summed E-state index contributed by atoms with van der Waals surface area (Å²) in [4.78, 5) is 32.4. The average Bonchev–Trinajstić information content (AvgIpc) is 3.26. The van der Waals surface area contributed by atoms with E-state index in [-0.39, 0.29) is 24.1 Å². The lowest BCUT2D eigenvalue weighted by molar-refractivity contribution is -0.134. The molecule has 4 aromatic rings. The minimum Gasteiger partial charge on any atom is -0.352 e. The van der Waals surface area contributed by atoms with Crippen LogP contribution in [0.3, 0.4) is 0 Å². The number of fused-ring (bicyclic) bond motifs is 1. The van der Waals surface area contributed by atoms with E-state index < -0.39 is 11.7 Å². The van der Waals surface area contributed by atoms with Crippen molar-refractivity contribution in [2.75, 3.05) is 6.54 Å². The lowest BCUT2D eigenvalue weighted by atomic mass is 10.1. The van der Waals surface area contributed by atoms with Crippen LogP contribution in [0.15, 0.2) is 78.9 Å². The van der Waals surface area contributed by atoms with Gasteiger partial charge in [-0.3, -0.25) is 9.59 Å². The van der Waals surface area contributed by atoms with Gasteiger partial charge in [-0.15, -0.1) is 0 Å². The van der Waals surface area contributed by atoms with Crippen molar-refractivity contribution < 1.29 is 14.0 Å². The third-order valence-electron chi connectivity index (χ3n) is 6.65. The number of para-hydroxylation sites is 2. The second-order valence-corrected chi connectivity index (χ2v) is 9.75. The number of imidazole rings is 1. The molecule has 7 heteroatoms. The highest BCUT2D eigenvalue weighted by Crippen LogP contribution is 2.19. The zero-order chi connectivity index (χ0) is 26.9. The smallest absolute Gasteiger partial charge is 0.254 e. The third-order valence-corrected chi connectivity index (χ3v) is 6.65. The molecule has 0 aliphatic heterocycles. The molecule has 0 radical (unpaired) electrons. The van der Waals surface area contributed by atoms with Crippen LogP contribution in [-0.2, 0) is 24.3 Å². The first-order valence-corrected chi connectivity index (χ1v) is 13.2. The molecular weight excluding hydrogens is 479 g/mol. The molecule has 1 aromatic heterocycles. The molecule has 1 N–H and O–H groups in total. The van der Waals surface area contributed by atoms with Crippen molar-refractivity contribution in [2.24, 2.45) is 0 Å². The molecule has 0 unspecified atom stereocenters. The predicted molar refractivity (Wildman–Crippen MR) is 148 cm³/mol. The largest absolute Gasteiger partial charge is 0.352 e. The molecule has 0 bridgehead atoms. The molecule has 0 aliphatic rings. The van der Waals surface area contributed by atoms with Crippen molar-refractivity contribution in [1.82, 2.24) is 19.8 Å². The maximum Gasteiger partial charge on any atom is 0.254 e. The van der Waals surface area contributed by atoms with Crippen LogP contribution in [0.5, 0.6) is 0 Å². The summed E-state index contributed by atoms with van der Waals surface area (Å²) in [5.74, 6) is 0.0364. The normalized spacial score (nSPS) is 11.2. The summed E-state index contributed by atoms with van der Waals surface area (Å²) in [7, 11) is 0. The third kappa shape index (κ3) is 6.85. The molecule has 3 aromatic carbocycles. The number of carbonyl (C=O) groups is 2. The standard InChI is InChI=1S/C31H35FN4O2/c1-23(2)35(21-24-13-5-3-6-14-24)30(37)22-36-28-18-11-10-17-27(28)34-29(36)19-7-4-12-20-33-31(38)25-15-8-9-16-26(25)32/h3,5-6,8-11,13-18,23H,4,7,12,19-22H2,1-2H3,(H,33,38). The van der Waals surface area contributed by atoms with Gasteiger partial charge in [0.2, 0.25) is 5.91 Å². The molecule has 0 spiro atoms. The quantitative estimate of drug-likeness (QED) is 0.245. The van der Waals surface area contributed by atoms with Crippen LogP contribution < -0.4 is 5.32 Å². The maximum absolute atomic E-state index is 13.8. The topological polar surface area (TPSA) is 67.2 Å². The summed E-state index contributed by atoms with van der Waals surface area (Å²) in [6.07, 6.45) is 3.24. The summed E-state index contributed by atoms with van der Waals surface area (Å²) in [5, 5.41) is 2.79. The Morgan fingerprint density at radius 3 is 2.39 bits per heavy atom. The lowest BCUT2D eigenvalue weighted by Crippen LogP contribution is -2.38. The van der Waals surface area contributed by atoms with Gasteiger partial charge < -0.3 is 14.8 Å². The van der Waals surface area contributed by atoms with Crippen LogP contribution in [-0.4, -0.2) is 38.9 Å². The number of aryl methyl sites for hydroxylation is 1. The van der Waals surface area contributed by atoms with E-state index in [1.54, 1.807) is 12.1 Å². The van der Waals surface area contributed by atoms with Gasteiger partial charge in [-0.1, -0.05) is 61.0 Å². The number of hydrogen-bond donors (Lipinski definition) is 1. The summed E-state index contributed by atoms with van der Waals surface area (Å²) in [5.41, 5.74) is 3.00. The molecule has 198 valence electrons. The summed E-state index contributed by atoms with van der Waals surface area (Å²) < 4.78 is 15.8. The Hall–Kier alpha value is -4.00. The SMILES string of the molecule is CC(C)N(Cc1ccccc1)C(=O)Cn1c(CCCCCNC(=O)c2ccccc2F)nc2ccccc21. The zero-order valence-corrected chi connectivity index (χ0v) is 22.1. The second-order valence-electron chi connectivity index (χ2n) is 9.75. The monoisotopic (exact) mass is 514 g/mol. The maximum atomic E-state index is 13.8. The minimum absolute atomic E-state index is 0.0594. The van der Waals surface area contributed by atoms with Gasteiger partial charge in [0.15, 0.2) is 0 Å². The highest BCUT2D eigenvalue weighted by molar-refractivity contribution is 5.94. The van der Waals surface area contributed by atoms with Gasteiger partial charge in [-0.2, -0.15) is 0 Å². The van der Waals surface area contributed by atoms with Gasteiger partial charge in [-0.25, -0.2) is 9.37 Å². The first kappa shape index (κ1) is 27.0. The van der Waals surface area contributed by atoms with Crippen molar-refractivity contribution in [3.8, 4) is 0 Å². The van der Waals surface area contributed by atoms with Gasteiger partial charge in [0.1, 0.15) is 18.2 Å². The molecular formula is C31H35FN4O2. The molecule has 4 rings (SSSR count). The van der Waals surface area contributed by atoms with E-state index in [0.29, 0.717) is 13.1 Å². The van der Waals surface area contributed by atoms with E-state index in [1.807, 2.05) is 77.9 Å². The van der Waals surface area contributed by atoms with Crippen molar-refractivity contribution in [2.45, 2.75) is 58.7 Å². The molecule has 6 nitrogen and oxygen atoms in total. The Kier molecular flexibility index (Phi) is 9.25. The average molecular weight is 515 g/mol. The Bertz CT molecular complexity index is 1370. The Morgan fingerprint density at radius 2 is 1.63 bits per heavy atom. The van der Waals surface area contributed by atoms with Gasteiger partial charge in [0, 0.05) is 25.6 Å². The number of aromatic nitrogens is 2.